The van der Waals surface area contributed by atoms with Gasteiger partial charge in [0.25, 0.3) is 0 Å². The van der Waals surface area contributed by atoms with Gasteiger partial charge in [0, 0.05) is 18.8 Å². The van der Waals surface area contributed by atoms with Crippen molar-refractivity contribution in [3.63, 3.8) is 0 Å². The van der Waals surface area contributed by atoms with Crippen LogP contribution in [0, 0.1) is 0 Å². The minimum atomic E-state index is 0.00664. The number of hydrogen-bond acceptors (Lipinski definition) is 3. The summed E-state index contributed by atoms with van der Waals surface area (Å²) in [4.78, 5) is 16.1. The predicted molar refractivity (Wildman–Crippen MR) is 89.4 cm³/mol. The number of fused-ring (bicyclic) bond motifs is 1. The van der Waals surface area contributed by atoms with Crippen LogP contribution in [0.3, 0.4) is 0 Å². The number of rotatable bonds is 5. The maximum absolute atomic E-state index is 12.1. The van der Waals surface area contributed by atoms with Crippen LogP contribution in [0.4, 0.5) is 0 Å². The molecule has 0 saturated heterocycles. The monoisotopic (exact) mass is 310 g/mol. The smallest absolute Gasteiger partial charge is 0.220 e. The molecule has 1 N–H and O–H groups in total. The van der Waals surface area contributed by atoms with E-state index in [4.69, 9.17) is 4.74 Å². The summed E-state index contributed by atoms with van der Waals surface area (Å²) in [5.41, 5.74) is 3.51. The van der Waals surface area contributed by atoms with E-state index in [9.17, 15) is 4.79 Å². The van der Waals surface area contributed by atoms with Crippen LogP contribution in [-0.2, 0) is 17.6 Å². The summed E-state index contributed by atoms with van der Waals surface area (Å²) in [5, 5.41) is 3.08. The van der Waals surface area contributed by atoms with Crippen LogP contribution in [0.1, 0.15) is 42.5 Å². The molecule has 1 aromatic carbocycles. The van der Waals surface area contributed by atoms with Gasteiger partial charge in [0.2, 0.25) is 5.91 Å². The Morgan fingerprint density at radius 1 is 1.30 bits per heavy atom. The van der Waals surface area contributed by atoms with Gasteiger partial charge in [-0.25, -0.2) is 0 Å². The van der Waals surface area contributed by atoms with Crippen LogP contribution >= 0.6 is 0 Å². The van der Waals surface area contributed by atoms with E-state index in [1.54, 1.807) is 12.4 Å². The van der Waals surface area contributed by atoms with Crippen molar-refractivity contribution in [2.24, 2.45) is 0 Å². The van der Waals surface area contributed by atoms with E-state index in [2.05, 4.69) is 16.4 Å². The molecular formula is C19H22N2O2. The minimum Gasteiger partial charge on any atom is -0.493 e. The molecule has 1 unspecified atom stereocenters. The molecule has 0 saturated carbocycles. The fourth-order valence-corrected chi connectivity index (χ4v) is 2.85. The first kappa shape index (κ1) is 15.5. The van der Waals surface area contributed by atoms with Crippen LogP contribution in [0.5, 0.6) is 5.75 Å². The van der Waals surface area contributed by atoms with Gasteiger partial charge in [-0.15, -0.1) is 0 Å². The number of aryl methyl sites for hydroxylation is 2. The SMILES string of the molecule is CC(NC(=O)CCc1ccncc1)c1ccc2c(c1)CCCO2. The average molecular weight is 310 g/mol. The highest BCUT2D eigenvalue weighted by Crippen LogP contribution is 2.27. The third-order valence-electron chi connectivity index (χ3n) is 4.20. The summed E-state index contributed by atoms with van der Waals surface area (Å²) < 4.78 is 5.63. The molecular weight excluding hydrogens is 288 g/mol. The van der Waals surface area contributed by atoms with Crippen LogP contribution in [0.25, 0.3) is 0 Å². The fraction of sp³-hybridized carbons (Fsp3) is 0.368. The van der Waals surface area contributed by atoms with Crippen molar-refractivity contribution < 1.29 is 9.53 Å². The van der Waals surface area contributed by atoms with E-state index in [0.29, 0.717) is 6.42 Å². The summed E-state index contributed by atoms with van der Waals surface area (Å²) in [6.45, 7) is 2.82. The van der Waals surface area contributed by atoms with Gasteiger partial charge in [-0.3, -0.25) is 9.78 Å². The van der Waals surface area contributed by atoms with Crippen molar-refractivity contribution >= 4 is 5.91 Å². The number of carbonyl (C=O) groups is 1. The van der Waals surface area contributed by atoms with Crippen LogP contribution < -0.4 is 10.1 Å². The molecule has 1 atom stereocenters. The second kappa shape index (κ2) is 7.27. The molecule has 1 aliphatic heterocycles. The highest BCUT2D eigenvalue weighted by molar-refractivity contribution is 5.76. The molecule has 2 heterocycles. The van der Waals surface area contributed by atoms with E-state index in [1.807, 2.05) is 31.2 Å². The largest absolute Gasteiger partial charge is 0.493 e. The van der Waals surface area contributed by atoms with Crippen molar-refractivity contribution in [1.82, 2.24) is 10.3 Å². The Bertz CT molecular complexity index is 670. The first-order valence-electron chi connectivity index (χ1n) is 8.16. The fourth-order valence-electron chi connectivity index (χ4n) is 2.85. The molecule has 2 aromatic rings. The summed E-state index contributed by atoms with van der Waals surface area (Å²) in [7, 11) is 0. The summed E-state index contributed by atoms with van der Waals surface area (Å²) in [6, 6.07) is 10.1. The molecule has 23 heavy (non-hydrogen) atoms. The number of nitrogens with one attached hydrogen (secondary N) is 1. The van der Waals surface area contributed by atoms with Crippen molar-refractivity contribution in [2.45, 2.75) is 38.6 Å². The average Bonchev–Trinajstić information content (AvgIpc) is 2.60. The lowest BCUT2D eigenvalue weighted by molar-refractivity contribution is -0.121. The number of pyridine rings is 1. The number of benzene rings is 1. The van der Waals surface area contributed by atoms with Crippen LogP contribution in [-0.4, -0.2) is 17.5 Å². The molecule has 4 heteroatoms. The van der Waals surface area contributed by atoms with Crippen molar-refractivity contribution in [3.05, 3.63) is 59.4 Å². The molecule has 0 bridgehead atoms. The molecule has 1 aromatic heterocycles. The minimum absolute atomic E-state index is 0.00664. The van der Waals surface area contributed by atoms with Gasteiger partial charge in [-0.05, 0) is 61.1 Å². The normalized spacial score (nSPS) is 14.5. The highest BCUT2D eigenvalue weighted by Gasteiger charge is 2.14. The molecule has 1 aliphatic rings. The van der Waals surface area contributed by atoms with E-state index in [0.717, 1.165) is 42.7 Å². The van der Waals surface area contributed by atoms with Gasteiger partial charge >= 0.3 is 0 Å². The van der Waals surface area contributed by atoms with Gasteiger partial charge in [0.05, 0.1) is 12.6 Å². The number of carbonyl (C=O) groups excluding carboxylic acids is 1. The van der Waals surface area contributed by atoms with Crippen molar-refractivity contribution in [3.8, 4) is 5.75 Å². The molecule has 1 amide bonds. The predicted octanol–water partition coefficient (Wildman–Crippen LogP) is 3.22. The highest BCUT2D eigenvalue weighted by atomic mass is 16.5. The molecule has 0 radical (unpaired) electrons. The quantitative estimate of drug-likeness (QED) is 0.922. The van der Waals surface area contributed by atoms with Gasteiger partial charge in [0.1, 0.15) is 5.75 Å². The summed E-state index contributed by atoms with van der Waals surface area (Å²) >= 11 is 0. The lowest BCUT2D eigenvalue weighted by atomic mass is 10.00. The molecule has 4 nitrogen and oxygen atoms in total. The van der Waals surface area contributed by atoms with Crippen molar-refractivity contribution in [2.75, 3.05) is 6.61 Å². The second-order valence-electron chi connectivity index (χ2n) is 5.96. The zero-order valence-electron chi connectivity index (χ0n) is 13.4. The Morgan fingerprint density at radius 2 is 2.13 bits per heavy atom. The molecule has 0 aliphatic carbocycles. The molecule has 120 valence electrons. The van der Waals surface area contributed by atoms with Gasteiger partial charge in [-0.1, -0.05) is 12.1 Å². The lowest BCUT2D eigenvalue weighted by Crippen LogP contribution is -2.27. The third kappa shape index (κ3) is 4.09. The zero-order chi connectivity index (χ0) is 16.1. The van der Waals surface area contributed by atoms with Gasteiger partial charge < -0.3 is 10.1 Å². The Labute approximate surface area is 136 Å². The van der Waals surface area contributed by atoms with Gasteiger partial charge in [-0.2, -0.15) is 0 Å². The Morgan fingerprint density at radius 3 is 2.96 bits per heavy atom. The maximum atomic E-state index is 12.1. The number of nitrogens with zero attached hydrogens (tertiary/aromatic N) is 1. The van der Waals surface area contributed by atoms with E-state index >= 15 is 0 Å². The van der Waals surface area contributed by atoms with Crippen LogP contribution in [0.2, 0.25) is 0 Å². The number of amides is 1. The summed E-state index contributed by atoms with van der Waals surface area (Å²) in [5.74, 6) is 1.06. The van der Waals surface area contributed by atoms with Crippen LogP contribution in [0.15, 0.2) is 42.7 Å². The van der Waals surface area contributed by atoms with E-state index in [1.165, 1.54) is 5.56 Å². The standard InChI is InChI=1S/C19H22N2O2/c1-14(16-5-6-18-17(13-16)3-2-12-23-18)21-19(22)7-4-15-8-10-20-11-9-15/h5-6,8-11,13-14H,2-4,7,12H2,1H3,(H,21,22). The maximum Gasteiger partial charge on any atom is 0.220 e. The third-order valence-corrected chi connectivity index (χ3v) is 4.20. The van der Waals surface area contributed by atoms with E-state index < -0.39 is 0 Å². The Balaban J connectivity index is 1.56. The lowest BCUT2D eigenvalue weighted by Gasteiger charge is -2.20. The van der Waals surface area contributed by atoms with E-state index in [-0.39, 0.29) is 11.9 Å². The molecule has 3 rings (SSSR count). The molecule has 0 fully saturated rings. The Hall–Kier alpha value is -2.36. The van der Waals surface area contributed by atoms with Crippen molar-refractivity contribution in [1.29, 1.82) is 0 Å². The number of hydrogen-bond donors (Lipinski definition) is 1. The molecule has 0 spiro atoms. The number of ether oxygens (including phenoxy) is 1. The van der Waals surface area contributed by atoms with Gasteiger partial charge in [0.15, 0.2) is 0 Å². The second-order valence-corrected chi connectivity index (χ2v) is 5.96. The topological polar surface area (TPSA) is 51.2 Å². The summed E-state index contributed by atoms with van der Waals surface area (Å²) in [6.07, 6.45) is 6.84. The zero-order valence-corrected chi connectivity index (χ0v) is 13.4. The first-order valence-corrected chi connectivity index (χ1v) is 8.16. The number of aromatic nitrogens is 1. The Kier molecular flexibility index (Phi) is 4.91. The first-order chi connectivity index (χ1) is 11.2.